The molecule has 3 heteroatoms. The van der Waals surface area contributed by atoms with Gasteiger partial charge in [0, 0.05) is 5.56 Å². The molecule has 2 nitrogen and oxygen atoms in total. The van der Waals surface area contributed by atoms with Crippen molar-refractivity contribution in [3.63, 3.8) is 0 Å². The lowest BCUT2D eigenvalue weighted by molar-refractivity contribution is 0.281. The van der Waals surface area contributed by atoms with E-state index in [1.807, 2.05) is 29.6 Å². The molecular formula is C12H12O2S. The number of aliphatic hydroxyl groups excluding tert-OH is 1. The minimum absolute atomic E-state index is 0.0301. The summed E-state index contributed by atoms with van der Waals surface area (Å²) in [5, 5.41) is 13.4. The van der Waals surface area contributed by atoms with Gasteiger partial charge in [0.2, 0.25) is 0 Å². The fraction of sp³-hybridized carbons (Fsp3) is 0.167. The molecule has 0 atom stereocenters. The fourth-order valence-corrected chi connectivity index (χ4v) is 2.26. The van der Waals surface area contributed by atoms with E-state index in [2.05, 4.69) is 5.38 Å². The van der Waals surface area contributed by atoms with E-state index in [4.69, 9.17) is 4.74 Å². The molecule has 2 aromatic rings. The average molecular weight is 220 g/mol. The Morgan fingerprint density at radius 2 is 2.20 bits per heavy atom. The third-order valence-electron chi connectivity index (χ3n) is 2.31. The molecule has 0 unspecified atom stereocenters. The molecule has 0 aliphatic carbocycles. The number of methoxy groups -OCH3 is 1. The summed E-state index contributed by atoms with van der Waals surface area (Å²) >= 11 is 1.64. The second-order valence-corrected chi connectivity index (χ2v) is 3.94. The van der Waals surface area contributed by atoms with E-state index in [0.29, 0.717) is 0 Å². The average Bonchev–Trinajstić information content (AvgIpc) is 2.81. The van der Waals surface area contributed by atoms with Gasteiger partial charge >= 0.3 is 0 Å². The van der Waals surface area contributed by atoms with Gasteiger partial charge in [0.05, 0.1) is 13.7 Å². The van der Waals surface area contributed by atoms with Gasteiger partial charge in [0.15, 0.2) is 0 Å². The Morgan fingerprint density at radius 3 is 2.80 bits per heavy atom. The molecule has 1 aromatic heterocycles. The highest BCUT2D eigenvalue weighted by molar-refractivity contribution is 7.08. The van der Waals surface area contributed by atoms with Crippen LogP contribution < -0.4 is 4.74 Å². The summed E-state index contributed by atoms with van der Waals surface area (Å²) in [5.74, 6) is 0.806. The van der Waals surface area contributed by atoms with Gasteiger partial charge in [-0.25, -0.2) is 0 Å². The highest BCUT2D eigenvalue weighted by Gasteiger charge is 2.10. The maximum atomic E-state index is 9.29. The van der Waals surface area contributed by atoms with Gasteiger partial charge in [0.25, 0.3) is 0 Å². The van der Waals surface area contributed by atoms with Crippen molar-refractivity contribution in [2.45, 2.75) is 6.61 Å². The Morgan fingerprint density at radius 1 is 1.33 bits per heavy atom. The van der Waals surface area contributed by atoms with Crippen LogP contribution in [0.4, 0.5) is 0 Å². The van der Waals surface area contributed by atoms with Crippen molar-refractivity contribution >= 4 is 11.3 Å². The summed E-state index contributed by atoms with van der Waals surface area (Å²) in [6, 6.07) is 7.74. The van der Waals surface area contributed by atoms with Crippen molar-refractivity contribution in [3.05, 3.63) is 40.6 Å². The van der Waals surface area contributed by atoms with Crippen LogP contribution in [0.5, 0.6) is 5.75 Å². The normalized spacial score (nSPS) is 10.3. The predicted octanol–water partition coefficient (Wildman–Crippen LogP) is 2.92. The minimum Gasteiger partial charge on any atom is -0.496 e. The molecule has 1 N–H and O–H groups in total. The van der Waals surface area contributed by atoms with Crippen LogP contribution in [0.25, 0.3) is 11.1 Å². The molecule has 0 bridgehead atoms. The van der Waals surface area contributed by atoms with Crippen LogP contribution >= 0.6 is 11.3 Å². The van der Waals surface area contributed by atoms with E-state index < -0.39 is 0 Å². The number of hydrogen-bond donors (Lipinski definition) is 1. The van der Waals surface area contributed by atoms with Crippen LogP contribution in [0.1, 0.15) is 5.56 Å². The second kappa shape index (κ2) is 4.47. The molecular weight excluding hydrogens is 208 g/mol. The maximum absolute atomic E-state index is 9.29. The molecule has 0 radical (unpaired) electrons. The number of aliphatic hydroxyl groups is 1. The molecule has 1 heterocycles. The van der Waals surface area contributed by atoms with Gasteiger partial charge in [0.1, 0.15) is 5.75 Å². The van der Waals surface area contributed by atoms with Gasteiger partial charge in [-0.3, -0.25) is 0 Å². The third kappa shape index (κ3) is 1.89. The van der Waals surface area contributed by atoms with Crippen LogP contribution in [0.15, 0.2) is 35.0 Å². The van der Waals surface area contributed by atoms with E-state index in [-0.39, 0.29) is 6.61 Å². The van der Waals surface area contributed by atoms with Crippen molar-refractivity contribution in [1.82, 2.24) is 0 Å². The zero-order valence-electron chi connectivity index (χ0n) is 8.43. The number of thiophene rings is 1. The predicted molar refractivity (Wildman–Crippen MR) is 62.2 cm³/mol. The summed E-state index contributed by atoms with van der Waals surface area (Å²) in [6.07, 6.45) is 0. The molecule has 0 amide bonds. The molecule has 0 fully saturated rings. The fourth-order valence-electron chi connectivity index (χ4n) is 1.61. The Labute approximate surface area is 92.8 Å². The highest BCUT2D eigenvalue weighted by atomic mass is 32.1. The first-order valence-electron chi connectivity index (χ1n) is 4.66. The van der Waals surface area contributed by atoms with E-state index in [1.165, 1.54) is 0 Å². The standard InChI is InChI=1S/C12H12O2S/c1-14-11-4-2-3-9(7-13)12(11)10-5-6-15-8-10/h2-6,8,13H,7H2,1H3. The first kappa shape index (κ1) is 10.2. The van der Waals surface area contributed by atoms with E-state index in [9.17, 15) is 5.11 Å². The van der Waals surface area contributed by atoms with Crippen LogP contribution in [0.3, 0.4) is 0 Å². The Kier molecular flexibility index (Phi) is 3.04. The lowest BCUT2D eigenvalue weighted by atomic mass is 10.0. The highest BCUT2D eigenvalue weighted by Crippen LogP contribution is 2.34. The Balaban J connectivity index is 2.61. The largest absolute Gasteiger partial charge is 0.496 e. The molecule has 0 saturated heterocycles. The molecule has 0 saturated carbocycles. The van der Waals surface area contributed by atoms with Gasteiger partial charge in [-0.15, -0.1) is 0 Å². The summed E-state index contributed by atoms with van der Waals surface area (Å²) in [5.41, 5.74) is 2.98. The number of ether oxygens (including phenoxy) is 1. The van der Waals surface area contributed by atoms with E-state index in [1.54, 1.807) is 18.4 Å². The molecule has 78 valence electrons. The number of hydrogen-bond acceptors (Lipinski definition) is 3. The van der Waals surface area contributed by atoms with Crippen molar-refractivity contribution in [2.24, 2.45) is 0 Å². The lowest BCUT2D eigenvalue weighted by Crippen LogP contribution is -1.93. The van der Waals surface area contributed by atoms with E-state index in [0.717, 1.165) is 22.4 Å². The smallest absolute Gasteiger partial charge is 0.127 e. The Hall–Kier alpha value is -1.32. The van der Waals surface area contributed by atoms with Gasteiger partial charge in [-0.1, -0.05) is 12.1 Å². The van der Waals surface area contributed by atoms with Crippen molar-refractivity contribution in [1.29, 1.82) is 0 Å². The lowest BCUT2D eigenvalue weighted by Gasteiger charge is -2.11. The number of benzene rings is 1. The second-order valence-electron chi connectivity index (χ2n) is 3.16. The zero-order valence-corrected chi connectivity index (χ0v) is 9.25. The SMILES string of the molecule is COc1cccc(CO)c1-c1ccsc1. The Bertz CT molecular complexity index is 413. The van der Waals surface area contributed by atoms with Gasteiger partial charge < -0.3 is 9.84 Å². The quantitative estimate of drug-likeness (QED) is 0.861. The van der Waals surface area contributed by atoms with Crippen molar-refractivity contribution in [2.75, 3.05) is 7.11 Å². The van der Waals surface area contributed by atoms with Crippen LogP contribution in [0, 0.1) is 0 Å². The summed E-state index contributed by atoms with van der Waals surface area (Å²) in [6.45, 7) is 0.0301. The molecule has 2 rings (SSSR count). The first-order chi connectivity index (χ1) is 7.36. The molecule has 0 aliphatic heterocycles. The first-order valence-corrected chi connectivity index (χ1v) is 5.60. The van der Waals surface area contributed by atoms with Gasteiger partial charge in [-0.05, 0) is 34.0 Å². The molecule has 1 aromatic carbocycles. The zero-order chi connectivity index (χ0) is 10.7. The third-order valence-corrected chi connectivity index (χ3v) is 3.00. The number of rotatable bonds is 3. The minimum atomic E-state index is 0.0301. The molecule has 0 aliphatic rings. The molecule has 0 spiro atoms. The summed E-state index contributed by atoms with van der Waals surface area (Å²) in [7, 11) is 1.65. The van der Waals surface area contributed by atoms with Crippen LogP contribution in [-0.2, 0) is 6.61 Å². The summed E-state index contributed by atoms with van der Waals surface area (Å²) < 4.78 is 5.31. The van der Waals surface area contributed by atoms with Crippen LogP contribution in [0.2, 0.25) is 0 Å². The summed E-state index contributed by atoms with van der Waals surface area (Å²) in [4.78, 5) is 0. The monoisotopic (exact) mass is 220 g/mol. The van der Waals surface area contributed by atoms with Gasteiger partial charge in [-0.2, -0.15) is 11.3 Å². The van der Waals surface area contributed by atoms with Crippen molar-refractivity contribution < 1.29 is 9.84 Å². The maximum Gasteiger partial charge on any atom is 0.127 e. The molecule has 15 heavy (non-hydrogen) atoms. The van der Waals surface area contributed by atoms with Crippen molar-refractivity contribution in [3.8, 4) is 16.9 Å². The van der Waals surface area contributed by atoms with E-state index >= 15 is 0 Å². The van der Waals surface area contributed by atoms with Crippen LogP contribution in [-0.4, -0.2) is 12.2 Å². The topological polar surface area (TPSA) is 29.5 Å².